The number of hydrogen-bond donors (Lipinski definition) is 0. The molecule has 3 aromatic heterocycles. The van der Waals surface area contributed by atoms with Crippen molar-refractivity contribution in [3.63, 3.8) is 0 Å². The minimum atomic E-state index is 0.695. The highest BCUT2D eigenvalue weighted by molar-refractivity contribution is 6.12. The summed E-state index contributed by atoms with van der Waals surface area (Å²) in [4.78, 5) is 10.2. The number of nitrogens with zero attached hydrogens (tertiary/aromatic N) is 4. The molecule has 4 heteroatoms. The molecule has 0 aliphatic heterocycles. The molecule has 0 saturated carbocycles. The molecule has 0 spiro atoms. The van der Waals surface area contributed by atoms with E-state index in [9.17, 15) is 0 Å². The lowest BCUT2D eigenvalue weighted by Crippen LogP contribution is -1.97. The molecule has 0 atom stereocenters. The van der Waals surface area contributed by atoms with Crippen LogP contribution in [-0.2, 0) is 0 Å². The van der Waals surface area contributed by atoms with Crippen LogP contribution in [0.2, 0.25) is 0 Å². The van der Waals surface area contributed by atoms with Crippen LogP contribution in [0.4, 0.5) is 0 Å². The Hall–Kier alpha value is -8.21. The molecule has 0 radical (unpaired) electrons. The van der Waals surface area contributed by atoms with E-state index in [1.54, 1.807) is 0 Å². The molecule has 0 aliphatic carbocycles. The summed E-state index contributed by atoms with van der Waals surface area (Å²) in [7, 11) is 0. The summed E-state index contributed by atoms with van der Waals surface area (Å²) < 4.78 is 2.16. The van der Waals surface area contributed by atoms with Gasteiger partial charge in [0.1, 0.15) is 5.69 Å². The van der Waals surface area contributed by atoms with Crippen LogP contribution in [0.15, 0.2) is 231 Å². The number of fused-ring (bicyclic) bond motifs is 3. The largest absolute Gasteiger partial charge is 0.231 e. The zero-order valence-corrected chi connectivity index (χ0v) is 33.2. The molecule has 8 aromatic carbocycles. The normalized spacial score (nSPS) is 11.3. The van der Waals surface area contributed by atoms with Crippen LogP contribution in [0.25, 0.3) is 106 Å². The zero-order valence-electron chi connectivity index (χ0n) is 33.2. The fraction of sp³-hybridized carbons (Fsp3) is 0. The monoisotopic (exact) mass is 778 g/mol. The Bertz CT molecular complexity index is 3250. The molecule has 0 N–H and O–H groups in total. The van der Waals surface area contributed by atoms with Gasteiger partial charge in [0, 0.05) is 38.8 Å². The molecule has 0 fully saturated rings. The highest BCUT2D eigenvalue weighted by Gasteiger charge is 2.22. The maximum atomic E-state index is 5.41. The number of rotatable bonds is 8. The molecule has 11 aromatic rings. The molecular formula is C57H38N4. The van der Waals surface area contributed by atoms with E-state index >= 15 is 0 Å². The average molecular weight is 779 g/mol. The Balaban J connectivity index is 1.04. The summed E-state index contributed by atoms with van der Waals surface area (Å²) in [5.41, 5.74) is 16.9. The second-order valence-corrected chi connectivity index (χ2v) is 15.2. The van der Waals surface area contributed by atoms with Gasteiger partial charge in [-0.3, -0.25) is 0 Å². The fourth-order valence-electron chi connectivity index (χ4n) is 8.48. The summed E-state index contributed by atoms with van der Waals surface area (Å²) in [5.74, 6) is 0.695. The predicted octanol–water partition coefficient (Wildman–Crippen LogP) is 14.6. The number of benzene rings is 8. The first-order valence-corrected chi connectivity index (χ1v) is 20.6. The van der Waals surface area contributed by atoms with Gasteiger partial charge < -0.3 is 0 Å². The summed E-state index contributed by atoms with van der Waals surface area (Å²) >= 11 is 0. The molecule has 0 amide bonds. The van der Waals surface area contributed by atoms with Crippen molar-refractivity contribution >= 4 is 16.3 Å². The van der Waals surface area contributed by atoms with Gasteiger partial charge >= 0.3 is 0 Å². The zero-order chi connectivity index (χ0) is 40.5. The molecule has 286 valence electrons. The van der Waals surface area contributed by atoms with Crippen molar-refractivity contribution in [1.29, 1.82) is 0 Å². The van der Waals surface area contributed by atoms with Gasteiger partial charge in [0.25, 0.3) is 0 Å². The summed E-state index contributed by atoms with van der Waals surface area (Å²) in [5, 5.41) is 7.73. The minimum Gasteiger partial charge on any atom is -0.231 e. The Morgan fingerprint density at radius 2 is 0.803 bits per heavy atom. The van der Waals surface area contributed by atoms with Crippen LogP contribution in [0.5, 0.6) is 0 Å². The Morgan fingerprint density at radius 1 is 0.311 bits per heavy atom. The van der Waals surface area contributed by atoms with E-state index in [4.69, 9.17) is 15.1 Å². The summed E-state index contributed by atoms with van der Waals surface area (Å²) in [6.07, 6.45) is 0. The third-order valence-corrected chi connectivity index (χ3v) is 11.5. The quantitative estimate of drug-likeness (QED) is 0.154. The van der Waals surface area contributed by atoms with Crippen molar-refractivity contribution in [2.24, 2.45) is 0 Å². The third kappa shape index (κ3) is 6.76. The number of pyridine rings is 1. The van der Waals surface area contributed by atoms with Gasteiger partial charge in [0.05, 0.1) is 22.6 Å². The minimum absolute atomic E-state index is 0.695. The summed E-state index contributed by atoms with van der Waals surface area (Å²) in [6.45, 7) is 0. The van der Waals surface area contributed by atoms with Crippen LogP contribution in [0.1, 0.15) is 0 Å². The van der Waals surface area contributed by atoms with Crippen LogP contribution in [-0.4, -0.2) is 19.6 Å². The van der Waals surface area contributed by atoms with Crippen molar-refractivity contribution in [2.75, 3.05) is 0 Å². The molecule has 3 heterocycles. The maximum absolute atomic E-state index is 5.41. The lowest BCUT2D eigenvalue weighted by molar-refractivity contribution is 0.979. The molecule has 0 aliphatic rings. The molecule has 0 bridgehead atoms. The van der Waals surface area contributed by atoms with Gasteiger partial charge in [-0.15, -0.1) is 0 Å². The van der Waals surface area contributed by atoms with Crippen molar-refractivity contribution in [1.82, 2.24) is 19.6 Å². The van der Waals surface area contributed by atoms with Gasteiger partial charge in [-0.05, 0) is 51.4 Å². The Morgan fingerprint density at radius 3 is 1.41 bits per heavy atom. The summed E-state index contributed by atoms with van der Waals surface area (Å²) in [6, 6.07) is 81.0. The Kier molecular flexibility index (Phi) is 9.14. The smallest absolute Gasteiger partial charge is 0.160 e. The molecule has 0 saturated heterocycles. The second kappa shape index (κ2) is 15.5. The molecule has 4 nitrogen and oxygen atoms in total. The SMILES string of the molecule is c1ccc(-c2cc(-c3ccccc3)nc(-c3cccc(-c4ccc(-c5cccc6c5cc(-c5ccccc5)n5nc(-c7ccccc7)c(-c7ccccc7)c65)cc4)c3)n2)cc1. The number of aromatic nitrogens is 4. The van der Waals surface area contributed by atoms with E-state index in [0.717, 1.165) is 89.3 Å². The van der Waals surface area contributed by atoms with Gasteiger partial charge in [0.15, 0.2) is 5.82 Å². The van der Waals surface area contributed by atoms with E-state index in [-0.39, 0.29) is 0 Å². The van der Waals surface area contributed by atoms with Gasteiger partial charge in [-0.2, -0.15) is 5.10 Å². The van der Waals surface area contributed by atoms with Crippen molar-refractivity contribution in [2.45, 2.75) is 0 Å². The molecular weight excluding hydrogens is 741 g/mol. The lowest BCUT2D eigenvalue weighted by atomic mass is 9.92. The average Bonchev–Trinajstić information content (AvgIpc) is 3.76. The van der Waals surface area contributed by atoms with Gasteiger partial charge in [0.2, 0.25) is 0 Å². The van der Waals surface area contributed by atoms with E-state index in [1.165, 1.54) is 10.9 Å². The highest BCUT2D eigenvalue weighted by Crippen LogP contribution is 2.43. The third-order valence-electron chi connectivity index (χ3n) is 11.5. The van der Waals surface area contributed by atoms with E-state index in [1.807, 2.05) is 36.4 Å². The van der Waals surface area contributed by atoms with Crippen LogP contribution in [0.3, 0.4) is 0 Å². The second-order valence-electron chi connectivity index (χ2n) is 15.2. The van der Waals surface area contributed by atoms with E-state index in [2.05, 4.69) is 199 Å². The topological polar surface area (TPSA) is 43.1 Å². The van der Waals surface area contributed by atoms with Crippen LogP contribution >= 0.6 is 0 Å². The predicted molar refractivity (Wildman–Crippen MR) is 252 cm³/mol. The van der Waals surface area contributed by atoms with Crippen molar-refractivity contribution < 1.29 is 0 Å². The van der Waals surface area contributed by atoms with Crippen molar-refractivity contribution in [3.05, 3.63) is 231 Å². The Labute approximate surface area is 354 Å². The molecule has 11 rings (SSSR count). The van der Waals surface area contributed by atoms with Crippen LogP contribution in [0, 0.1) is 0 Å². The van der Waals surface area contributed by atoms with Gasteiger partial charge in [-0.1, -0.05) is 212 Å². The van der Waals surface area contributed by atoms with E-state index in [0.29, 0.717) is 5.82 Å². The van der Waals surface area contributed by atoms with Crippen molar-refractivity contribution in [3.8, 4) is 89.8 Å². The van der Waals surface area contributed by atoms with E-state index < -0.39 is 0 Å². The lowest BCUT2D eigenvalue weighted by Gasteiger charge is -2.14. The maximum Gasteiger partial charge on any atom is 0.160 e. The number of hydrogen-bond acceptors (Lipinski definition) is 3. The molecule has 0 unspecified atom stereocenters. The van der Waals surface area contributed by atoms with Crippen LogP contribution < -0.4 is 0 Å². The van der Waals surface area contributed by atoms with Gasteiger partial charge in [-0.25, -0.2) is 14.5 Å². The first-order valence-electron chi connectivity index (χ1n) is 20.6. The highest BCUT2D eigenvalue weighted by atomic mass is 15.2. The molecule has 61 heavy (non-hydrogen) atoms. The fourth-order valence-corrected chi connectivity index (χ4v) is 8.48. The standard InChI is InChI=1S/C57H38N4/c1-6-18-41(19-7-1)51-38-52(42-20-8-2-9-21-42)59-57(58-51)47-29-16-28-46(36-47)39-32-34-40(35-33-39)48-30-17-31-49-50(48)37-53(43-22-10-3-11-23-43)61-56(49)54(44-24-12-4-13-25-44)55(60-61)45-26-14-5-15-27-45/h1-38H. The first-order chi connectivity index (χ1) is 30.2. The first kappa shape index (κ1) is 35.9.